The van der Waals surface area contributed by atoms with Crippen LogP contribution in [-0.4, -0.2) is 22.6 Å². The molecule has 14 heavy (non-hydrogen) atoms. The van der Waals surface area contributed by atoms with Crippen molar-refractivity contribution in [2.45, 2.75) is 25.5 Å². The van der Waals surface area contributed by atoms with E-state index >= 15 is 0 Å². The Kier molecular flexibility index (Phi) is 2.43. The van der Waals surface area contributed by atoms with Gasteiger partial charge < -0.3 is 10.1 Å². The zero-order valence-corrected chi connectivity index (χ0v) is 7.28. The summed E-state index contributed by atoms with van der Waals surface area (Å²) in [7, 11) is 0. The topological polar surface area (TPSA) is 47.0 Å². The second kappa shape index (κ2) is 3.73. The fourth-order valence-electron chi connectivity index (χ4n) is 1.02. The monoisotopic (exact) mass is 201 g/mol. The van der Waals surface area contributed by atoms with Gasteiger partial charge in [0.1, 0.15) is 0 Å². The summed E-state index contributed by atoms with van der Waals surface area (Å²) in [6.07, 6.45) is 4.81. The average Bonchev–Trinajstić information content (AvgIpc) is 2.91. The van der Waals surface area contributed by atoms with Crippen molar-refractivity contribution in [3.8, 4) is 5.88 Å². The van der Waals surface area contributed by atoms with Gasteiger partial charge in [0.25, 0.3) is 5.88 Å². The van der Waals surface area contributed by atoms with Gasteiger partial charge in [-0.25, -0.2) is 9.97 Å². The summed E-state index contributed by atoms with van der Waals surface area (Å²) in [5.74, 6) is 0.143. The third-order valence-corrected chi connectivity index (χ3v) is 1.78. The smallest absolute Gasteiger partial charge is 0.388 e. The van der Waals surface area contributed by atoms with Gasteiger partial charge in [0.05, 0.1) is 0 Å². The lowest BCUT2D eigenvalue weighted by Gasteiger charge is -2.08. The molecule has 0 atom stereocenters. The molecule has 1 aliphatic carbocycles. The fraction of sp³-hybridized carbons (Fsp3) is 0.500. The van der Waals surface area contributed by atoms with E-state index in [1.807, 2.05) is 0 Å². The summed E-state index contributed by atoms with van der Waals surface area (Å²) >= 11 is 0. The van der Waals surface area contributed by atoms with Crippen LogP contribution in [0.4, 0.5) is 14.6 Å². The van der Waals surface area contributed by atoms with Crippen molar-refractivity contribution < 1.29 is 13.5 Å². The lowest BCUT2D eigenvalue weighted by atomic mass is 10.5. The highest BCUT2D eigenvalue weighted by molar-refractivity contribution is 5.46. The molecule has 1 saturated carbocycles. The Morgan fingerprint density at radius 2 is 2.07 bits per heavy atom. The van der Waals surface area contributed by atoms with Crippen LogP contribution in [-0.2, 0) is 0 Å². The van der Waals surface area contributed by atoms with E-state index < -0.39 is 6.61 Å². The SMILES string of the molecule is FC(F)Oc1nccnc1NC1CC1. The summed E-state index contributed by atoms with van der Waals surface area (Å²) in [6, 6.07) is 0.326. The van der Waals surface area contributed by atoms with Gasteiger partial charge in [0, 0.05) is 18.4 Å². The molecule has 1 aromatic rings. The third kappa shape index (κ3) is 2.27. The number of ether oxygens (including phenoxy) is 1. The predicted molar refractivity (Wildman–Crippen MR) is 45.3 cm³/mol. The van der Waals surface area contributed by atoms with Gasteiger partial charge in [-0.1, -0.05) is 0 Å². The minimum absolute atomic E-state index is 0.144. The number of aromatic nitrogens is 2. The van der Waals surface area contributed by atoms with Crippen molar-refractivity contribution in [3.63, 3.8) is 0 Å². The van der Waals surface area contributed by atoms with Crippen molar-refractivity contribution in [2.75, 3.05) is 5.32 Å². The van der Waals surface area contributed by atoms with Crippen LogP contribution in [0.3, 0.4) is 0 Å². The molecule has 1 fully saturated rings. The Labute approximate surface area is 79.3 Å². The van der Waals surface area contributed by atoms with Gasteiger partial charge in [-0.15, -0.1) is 0 Å². The predicted octanol–water partition coefficient (Wildman–Crippen LogP) is 1.65. The third-order valence-electron chi connectivity index (χ3n) is 1.78. The number of hydrogen-bond donors (Lipinski definition) is 1. The highest BCUT2D eigenvalue weighted by atomic mass is 19.3. The fourth-order valence-corrected chi connectivity index (χ4v) is 1.02. The molecule has 4 nitrogen and oxygen atoms in total. The lowest BCUT2D eigenvalue weighted by Crippen LogP contribution is -2.10. The number of nitrogens with one attached hydrogen (secondary N) is 1. The molecule has 0 saturated heterocycles. The van der Waals surface area contributed by atoms with Crippen LogP contribution in [0.25, 0.3) is 0 Å². The first-order chi connectivity index (χ1) is 6.75. The van der Waals surface area contributed by atoms with E-state index in [9.17, 15) is 8.78 Å². The van der Waals surface area contributed by atoms with E-state index in [-0.39, 0.29) is 11.7 Å². The Bertz CT molecular complexity index is 294. The van der Waals surface area contributed by atoms with Crippen LogP contribution in [0.5, 0.6) is 5.88 Å². The second-order valence-electron chi connectivity index (χ2n) is 3.01. The summed E-state index contributed by atoms with van der Waals surface area (Å²) in [6.45, 7) is -2.87. The number of nitrogens with zero attached hydrogens (tertiary/aromatic N) is 2. The van der Waals surface area contributed by atoms with E-state index in [1.54, 1.807) is 0 Å². The van der Waals surface area contributed by atoms with Crippen LogP contribution < -0.4 is 10.1 Å². The molecular formula is C8H9F2N3O. The molecule has 1 aromatic heterocycles. The Balaban J connectivity index is 2.10. The maximum atomic E-state index is 11.9. The van der Waals surface area contributed by atoms with Gasteiger partial charge >= 0.3 is 6.61 Å². The molecule has 1 aliphatic rings. The normalized spacial score (nSPS) is 15.6. The molecule has 0 spiro atoms. The number of rotatable bonds is 4. The molecule has 0 radical (unpaired) electrons. The van der Waals surface area contributed by atoms with Crippen LogP contribution in [0.15, 0.2) is 12.4 Å². The second-order valence-corrected chi connectivity index (χ2v) is 3.01. The molecule has 0 amide bonds. The van der Waals surface area contributed by atoms with Crippen LogP contribution in [0, 0.1) is 0 Å². The van der Waals surface area contributed by atoms with Gasteiger partial charge in [-0.05, 0) is 12.8 Å². The molecule has 1 heterocycles. The van der Waals surface area contributed by atoms with E-state index in [4.69, 9.17) is 0 Å². The Hall–Kier alpha value is -1.46. The maximum absolute atomic E-state index is 11.9. The van der Waals surface area contributed by atoms with E-state index in [2.05, 4.69) is 20.0 Å². The highest BCUT2D eigenvalue weighted by Gasteiger charge is 2.23. The summed E-state index contributed by atoms with van der Waals surface area (Å²) in [5, 5.41) is 2.96. The molecular weight excluding hydrogens is 192 g/mol. The van der Waals surface area contributed by atoms with Crippen LogP contribution in [0.2, 0.25) is 0 Å². The van der Waals surface area contributed by atoms with Crippen molar-refractivity contribution in [1.82, 2.24) is 9.97 Å². The van der Waals surface area contributed by atoms with Gasteiger partial charge in [0.2, 0.25) is 0 Å². The maximum Gasteiger partial charge on any atom is 0.388 e. The Morgan fingerprint density at radius 1 is 1.36 bits per heavy atom. The molecule has 6 heteroatoms. The first kappa shape index (κ1) is 9.11. The number of hydrogen-bond acceptors (Lipinski definition) is 4. The van der Waals surface area contributed by atoms with Crippen LogP contribution >= 0.6 is 0 Å². The molecule has 0 unspecified atom stereocenters. The lowest BCUT2D eigenvalue weighted by molar-refractivity contribution is -0.0525. The van der Waals surface area contributed by atoms with Crippen molar-refractivity contribution >= 4 is 5.82 Å². The number of halogens is 2. The zero-order valence-electron chi connectivity index (χ0n) is 7.28. The quantitative estimate of drug-likeness (QED) is 0.804. The number of alkyl halides is 2. The highest BCUT2D eigenvalue weighted by Crippen LogP contribution is 2.28. The standard InChI is InChI=1S/C8H9F2N3O/c9-8(10)14-7-6(11-3-4-12-7)13-5-1-2-5/h3-5,8H,1-2H2,(H,11,13). The van der Waals surface area contributed by atoms with Crippen LogP contribution in [0.1, 0.15) is 12.8 Å². The van der Waals surface area contributed by atoms with E-state index in [0.717, 1.165) is 12.8 Å². The first-order valence-corrected chi connectivity index (χ1v) is 4.28. The molecule has 0 aromatic carbocycles. The molecule has 76 valence electrons. The zero-order chi connectivity index (χ0) is 9.97. The van der Waals surface area contributed by atoms with Crippen molar-refractivity contribution in [1.29, 1.82) is 0 Å². The molecule has 1 N–H and O–H groups in total. The molecule has 0 aliphatic heterocycles. The summed E-state index contributed by atoms with van der Waals surface area (Å²) in [5.41, 5.74) is 0. The summed E-state index contributed by atoms with van der Waals surface area (Å²) in [4.78, 5) is 7.55. The molecule has 0 bridgehead atoms. The largest absolute Gasteiger partial charge is 0.413 e. The molecule has 2 rings (SSSR count). The van der Waals surface area contributed by atoms with Crippen molar-refractivity contribution in [2.24, 2.45) is 0 Å². The van der Waals surface area contributed by atoms with Crippen molar-refractivity contribution in [3.05, 3.63) is 12.4 Å². The van der Waals surface area contributed by atoms with Gasteiger partial charge in [-0.3, -0.25) is 0 Å². The van der Waals surface area contributed by atoms with E-state index in [0.29, 0.717) is 6.04 Å². The Morgan fingerprint density at radius 3 is 2.71 bits per heavy atom. The summed E-state index contributed by atoms with van der Waals surface area (Å²) < 4.78 is 28.1. The van der Waals surface area contributed by atoms with Gasteiger partial charge in [0.15, 0.2) is 5.82 Å². The minimum Gasteiger partial charge on any atom is -0.413 e. The minimum atomic E-state index is -2.87. The first-order valence-electron chi connectivity index (χ1n) is 4.28. The average molecular weight is 201 g/mol. The number of anilines is 1. The van der Waals surface area contributed by atoms with E-state index in [1.165, 1.54) is 12.4 Å². The van der Waals surface area contributed by atoms with Gasteiger partial charge in [-0.2, -0.15) is 8.78 Å².